The van der Waals surface area contributed by atoms with Crippen molar-refractivity contribution in [1.82, 2.24) is 0 Å². The lowest BCUT2D eigenvalue weighted by molar-refractivity contribution is 0.170. The third kappa shape index (κ3) is 9.21. The minimum Gasteiger partial charge on any atom is -0.376 e. The van der Waals surface area contributed by atoms with E-state index in [0.29, 0.717) is 0 Å². The topological polar surface area (TPSA) is 34.0 Å². The van der Waals surface area contributed by atoms with E-state index >= 15 is 0 Å². The summed E-state index contributed by atoms with van der Waals surface area (Å²) in [5.74, 6) is 0. The average molecular weight is 186 g/mol. The zero-order chi connectivity index (χ0) is 10.9. The quantitative estimate of drug-likeness (QED) is 0.493. The molecule has 0 aliphatic heterocycles. The number of hydrogen-bond donors (Lipinski definition) is 0. The van der Waals surface area contributed by atoms with Crippen molar-refractivity contribution in [1.29, 1.82) is 0 Å². The summed E-state index contributed by atoms with van der Waals surface area (Å²) >= 11 is 0. The van der Waals surface area contributed by atoms with Crippen LogP contribution in [0.4, 0.5) is 0 Å². The Morgan fingerprint density at radius 1 is 1.08 bits per heavy atom. The van der Waals surface area contributed by atoms with Crippen LogP contribution in [0, 0.1) is 0 Å². The Balaban J connectivity index is 0. The summed E-state index contributed by atoms with van der Waals surface area (Å²) in [5.41, 5.74) is 1.85. The predicted octanol–water partition coefficient (Wildman–Crippen LogP) is 2.90. The van der Waals surface area contributed by atoms with Crippen molar-refractivity contribution in [2.24, 2.45) is 10.2 Å². The van der Waals surface area contributed by atoms with Crippen LogP contribution in [-0.2, 0) is 4.74 Å². The van der Waals surface area contributed by atoms with Gasteiger partial charge in [0.15, 0.2) is 0 Å². The fourth-order valence-electron chi connectivity index (χ4n) is 0.431. The van der Waals surface area contributed by atoms with Crippen molar-refractivity contribution < 1.29 is 4.74 Å². The van der Waals surface area contributed by atoms with E-state index in [9.17, 15) is 0 Å². The number of hydrogen-bond acceptors (Lipinski definition) is 3. The molecular weight excluding hydrogens is 164 g/mol. The maximum absolute atomic E-state index is 5.04. The molecule has 0 N–H and O–H groups in total. The average Bonchev–Trinajstić information content (AvgIpc) is 2.16. The molecule has 1 atom stereocenters. The highest BCUT2D eigenvalue weighted by molar-refractivity contribution is 5.87. The smallest absolute Gasteiger partial charge is 0.0939 e. The second-order valence-electron chi connectivity index (χ2n) is 2.67. The summed E-state index contributed by atoms with van der Waals surface area (Å²) in [7, 11) is 1.66. The lowest BCUT2D eigenvalue weighted by Gasteiger charge is -2.05. The zero-order valence-corrected chi connectivity index (χ0v) is 9.88. The molecule has 0 rings (SSSR count). The van der Waals surface area contributed by atoms with Gasteiger partial charge in [0.05, 0.1) is 11.8 Å². The van der Waals surface area contributed by atoms with Crippen molar-refractivity contribution >= 4 is 11.4 Å². The molecule has 0 amide bonds. The highest BCUT2D eigenvalue weighted by Crippen LogP contribution is 1.93. The molecule has 1 unspecified atom stereocenters. The fraction of sp³-hybridized carbons (Fsp3) is 0.800. The van der Waals surface area contributed by atoms with Crippen LogP contribution >= 0.6 is 0 Å². The van der Waals surface area contributed by atoms with Gasteiger partial charge in [0.2, 0.25) is 0 Å². The summed E-state index contributed by atoms with van der Waals surface area (Å²) in [6.07, 6.45) is 0.0538. The van der Waals surface area contributed by atoms with E-state index in [-0.39, 0.29) is 6.10 Å². The molecule has 3 heteroatoms. The standard InChI is InChI=1S/C8H16N2O.C2H6/c1-6(2)9-10-7(3)8(4)11-5;1-2/h8H,1-5H3;1-2H3/b10-7-;. The molecular formula is C10H22N2O. The molecule has 13 heavy (non-hydrogen) atoms. The van der Waals surface area contributed by atoms with Gasteiger partial charge in [0.25, 0.3) is 0 Å². The monoisotopic (exact) mass is 186 g/mol. The van der Waals surface area contributed by atoms with Crippen LogP contribution in [0.5, 0.6) is 0 Å². The van der Waals surface area contributed by atoms with E-state index in [4.69, 9.17) is 4.74 Å². The lowest BCUT2D eigenvalue weighted by Crippen LogP contribution is -2.15. The van der Waals surface area contributed by atoms with E-state index in [0.717, 1.165) is 11.4 Å². The van der Waals surface area contributed by atoms with Gasteiger partial charge in [-0.15, -0.1) is 0 Å². The maximum Gasteiger partial charge on any atom is 0.0939 e. The lowest BCUT2D eigenvalue weighted by atomic mass is 10.3. The molecule has 0 aliphatic rings. The van der Waals surface area contributed by atoms with E-state index < -0.39 is 0 Å². The first-order chi connectivity index (χ1) is 6.07. The Hall–Kier alpha value is -0.700. The van der Waals surface area contributed by atoms with Gasteiger partial charge in [-0.1, -0.05) is 13.8 Å². The van der Waals surface area contributed by atoms with Crippen molar-refractivity contribution in [3.8, 4) is 0 Å². The summed E-state index contributed by atoms with van der Waals surface area (Å²) in [6.45, 7) is 11.7. The molecule has 78 valence electrons. The van der Waals surface area contributed by atoms with Crippen molar-refractivity contribution in [2.75, 3.05) is 7.11 Å². The van der Waals surface area contributed by atoms with Gasteiger partial charge in [0.1, 0.15) is 0 Å². The Morgan fingerprint density at radius 3 is 1.85 bits per heavy atom. The molecule has 0 spiro atoms. The largest absolute Gasteiger partial charge is 0.376 e. The Labute approximate surface area is 81.9 Å². The summed E-state index contributed by atoms with van der Waals surface area (Å²) in [5, 5.41) is 7.89. The molecule has 0 heterocycles. The van der Waals surface area contributed by atoms with Crippen LogP contribution in [-0.4, -0.2) is 24.6 Å². The molecule has 0 radical (unpaired) electrons. The van der Waals surface area contributed by atoms with Crippen LogP contribution in [0.25, 0.3) is 0 Å². The Kier molecular flexibility index (Phi) is 10.7. The van der Waals surface area contributed by atoms with Gasteiger partial charge in [-0.25, -0.2) is 0 Å². The SMILES string of the molecule is CC.COC(C)/C(C)=N\N=C(C)C. The van der Waals surface area contributed by atoms with Gasteiger partial charge >= 0.3 is 0 Å². The van der Waals surface area contributed by atoms with Crippen LogP contribution in [0.1, 0.15) is 41.5 Å². The molecule has 0 bridgehead atoms. The second kappa shape index (κ2) is 9.39. The molecule has 0 saturated carbocycles. The zero-order valence-electron chi connectivity index (χ0n) is 9.88. The molecule has 3 nitrogen and oxygen atoms in total. The summed E-state index contributed by atoms with van der Waals surface area (Å²) in [6, 6.07) is 0. The molecule has 0 saturated heterocycles. The van der Waals surface area contributed by atoms with Gasteiger partial charge in [-0.05, 0) is 27.7 Å². The Morgan fingerprint density at radius 2 is 1.54 bits per heavy atom. The number of nitrogens with zero attached hydrogens (tertiary/aromatic N) is 2. The molecule has 0 aliphatic carbocycles. The minimum absolute atomic E-state index is 0.0538. The van der Waals surface area contributed by atoms with Gasteiger partial charge < -0.3 is 4.74 Å². The van der Waals surface area contributed by atoms with Crippen molar-refractivity contribution in [2.45, 2.75) is 47.6 Å². The second-order valence-corrected chi connectivity index (χ2v) is 2.67. The van der Waals surface area contributed by atoms with Gasteiger partial charge in [0, 0.05) is 12.8 Å². The normalized spacial score (nSPS) is 12.7. The van der Waals surface area contributed by atoms with E-state index in [1.807, 2.05) is 41.5 Å². The summed E-state index contributed by atoms with van der Waals surface area (Å²) in [4.78, 5) is 0. The molecule has 0 aromatic carbocycles. The first kappa shape index (κ1) is 14.8. The first-order valence-corrected chi connectivity index (χ1v) is 4.66. The third-order valence-corrected chi connectivity index (χ3v) is 1.35. The Bertz CT molecular complexity index is 170. The number of ether oxygens (including phenoxy) is 1. The van der Waals surface area contributed by atoms with Crippen LogP contribution in [0.15, 0.2) is 10.2 Å². The first-order valence-electron chi connectivity index (χ1n) is 4.66. The van der Waals surface area contributed by atoms with E-state index in [1.54, 1.807) is 7.11 Å². The van der Waals surface area contributed by atoms with E-state index in [1.165, 1.54) is 0 Å². The maximum atomic E-state index is 5.04. The number of methoxy groups -OCH3 is 1. The summed E-state index contributed by atoms with van der Waals surface area (Å²) < 4.78 is 5.04. The minimum atomic E-state index is 0.0538. The predicted molar refractivity (Wildman–Crippen MR) is 59.7 cm³/mol. The third-order valence-electron chi connectivity index (χ3n) is 1.35. The molecule has 0 fully saturated rings. The van der Waals surface area contributed by atoms with Gasteiger partial charge in [-0.3, -0.25) is 0 Å². The number of rotatable bonds is 3. The van der Waals surface area contributed by atoms with Crippen molar-refractivity contribution in [3.05, 3.63) is 0 Å². The van der Waals surface area contributed by atoms with Gasteiger partial charge in [-0.2, -0.15) is 10.2 Å². The highest BCUT2D eigenvalue weighted by Gasteiger charge is 2.01. The highest BCUT2D eigenvalue weighted by atomic mass is 16.5. The molecule has 0 aromatic heterocycles. The molecule has 0 aromatic rings. The fourth-order valence-corrected chi connectivity index (χ4v) is 0.431. The van der Waals surface area contributed by atoms with Crippen LogP contribution < -0.4 is 0 Å². The van der Waals surface area contributed by atoms with Crippen LogP contribution in [0.2, 0.25) is 0 Å². The van der Waals surface area contributed by atoms with Crippen molar-refractivity contribution in [3.63, 3.8) is 0 Å². The van der Waals surface area contributed by atoms with Crippen LogP contribution in [0.3, 0.4) is 0 Å². The van der Waals surface area contributed by atoms with E-state index in [2.05, 4.69) is 10.2 Å².